The number of ketones is 4. The molecule has 2 aromatic carbocycles. The van der Waals surface area contributed by atoms with Crippen LogP contribution in [-0.4, -0.2) is 23.1 Å². The van der Waals surface area contributed by atoms with Crippen LogP contribution >= 0.6 is 23.2 Å². The predicted molar refractivity (Wildman–Crippen MR) is 130 cm³/mol. The van der Waals surface area contributed by atoms with Gasteiger partial charge in [0.2, 0.25) is 0 Å². The lowest BCUT2D eigenvalue weighted by Crippen LogP contribution is -2.48. The molecular formula is C28H18Cl2O4. The monoisotopic (exact) mass is 488 g/mol. The maximum Gasteiger partial charge on any atom is 0.182 e. The summed E-state index contributed by atoms with van der Waals surface area (Å²) in [6.07, 6.45) is 7.73. The Morgan fingerprint density at radius 3 is 1.18 bits per heavy atom. The molecule has 6 heteroatoms. The lowest BCUT2D eigenvalue weighted by atomic mass is 9.47. The van der Waals surface area contributed by atoms with Gasteiger partial charge in [0, 0.05) is 33.0 Å². The average molecular weight is 489 g/mol. The highest BCUT2D eigenvalue weighted by Crippen LogP contribution is 2.63. The maximum absolute atomic E-state index is 12.9. The van der Waals surface area contributed by atoms with Crippen molar-refractivity contribution in [1.82, 2.24) is 0 Å². The van der Waals surface area contributed by atoms with E-state index in [9.17, 15) is 19.2 Å². The molecule has 0 aliphatic heterocycles. The predicted octanol–water partition coefficient (Wildman–Crippen LogP) is 5.38. The molecule has 2 aromatic rings. The first-order valence-corrected chi connectivity index (χ1v) is 11.6. The van der Waals surface area contributed by atoms with Crippen LogP contribution in [0.2, 0.25) is 10.0 Å². The quantitative estimate of drug-likeness (QED) is 0.542. The molecule has 1 fully saturated rings. The number of allylic oxidation sites excluding steroid dienone is 8. The fraction of sp³-hybridized carbons (Fsp3) is 0.143. The third kappa shape index (κ3) is 3.93. The molecule has 0 amide bonds. The summed E-state index contributed by atoms with van der Waals surface area (Å²) in [4.78, 5) is 50.4. The zero-order valence-corrected chi connectivity index (χ0v) is 19.3. The van der Waals surface area contributed by atoms with Gasteiger partial charge in [-0.25, -0.2) is 0 Å². The molecule has 34 heavy (non-hydrogen) atoms. The van der Waals surface area contributed by atoms with Crippen LogP contribution in [0.1, 0.15) is 23.0 Å². The smallest absolute Gasteiger partial charge is 0.182 e. The fourth-order valence-electron chi connectivity index (χ4n) is 5.30. The third-order valence-electron chi connectivity index (χ3n) is 6.74. The molecular weight excluding hydrogens is 471 g/mol. The van der Waals surface area contributed by atoms with Gasteiger partial charge in [0.05, 0.1) is 0 Å². The molecule has 168 valence electrons. The van der Waals surface area contributed by atoms with Gasteiger partial charge in [0.15, 0.2) is 23.1 Å². The van der Waals surface area contributed by atoms with E-state index in [4.69, 9.17) is 23.2 Å². The van der Waals surface area contributed by atoms with Crippen molar-refractivity contribution in [1.29, 1.82) is 0 Å². The Hall–Kier alpha value is -3.34. The van der Waals surface area contributed by atoms with Crippen LogP contribution in [0, 0.1) is 11.8 Å². The minimum atomic E-state index is -0.474. The lowest BCUT2D eigenvalue weighted by Gasteiger charge is -2.54. The van der Waals surface area contributed by atoms with E-state index in [0.717, 1.165) is 11.1 Å². The van der Waals surface area contributed by atoms with Crippen LogP contribution in [0.25, 0.3) is 0 Å². The molecule has 4 atom stereocenters. The summed E-state index contributed by atoms with van der Waals surface area (Å²) >= 11 is 12.3. The Kier molecular flexibility index (Phi) is 5.80. The first-order chi connectivity index (χ1) is 16.3. The van der Waals surface area contributed by atoms with Crippen molar-refractivity contribution in [2.24, 2.45) is 11.8 Å². The highest BCUT2D eigenvalue weighted by molar-refractivity contribution is 6.30. The van der Waals surface area contributed by atoms with Gasteiger partial charge in [0.1, 0.15) is 0 Å². The van der Waals surface area contributed by atoms with E-state index < -0.39 is 11.8 Å². The molecule has 4 nitrogen and oxygen atoms in total. The van der Waals surface area contributed by atoms with E-state index >= 15 is 0 Å². The maximum atomic E-state index is 12.9. The summed E-state index contributed by atoms with van der Waals surface area (Å²) in [6, 6.07) is 14.7. The molecule has 5 rings (SSSR count). The molecule has 4 unspecified atom stereocenters. The molecule has 0 bridgehead atoms. The zero-order chi connectivity index (χ0) is 24.0. The van der Waals surface area contributed by atoms with Gasteiger partial charge < -0.3 is 0 Å². The molecule has 0 spiro atoms. The summed E-state index contributed by atoms with van der Waals surface area (Å²) in [6.45, 7) is 0. The minimum Gasteiger partial charge on any atom is -0.290 e. The van der Waals surface area contributed by atoms with Gasteiger partial charge in [-0.1, -0.05) is 47.5 Å². The lowest BCUT2D eigenvalue weighted by molar-refractivity contribution is -0.117. The molecule has 0 saturated heterocycles. The van der Waals surface area contributed by atoms with Gasteiger partial charge in [-0.05, 0) is 83.7 Å². The van der Waals surface area contributed by atoms with E-state index in [1.54, 1.807) is 24.3 Å². The number of hydrogen-bond acceptors (Lipinski definition) is 4. The van der Waals surface area contributed by atoms with E-state index in [-0.39, 0.29) is 35.0 Å². The Balaban J connectivity index is 1.70. The molecule has 1 saturated carbocycles. The standard InChI is InChI=1S/C28H18Cl2O4/c29-17-5-1-15(2-6-17)25-26(16-3-7-18(30)8-4-16)28(22-14-20(32)10-12-24(22)34)27(25)21-13-19(31)9-11-23(21)33/h1-14,25-28H. The molecule has 0 N–H and O–H groups in total. The highest BCUT2D eigenvalue weighted by atomic mass is 35.5. The van der Waals surface area contributed by atoms with Crippen LogP contribution in [0.5, 0.6) is 0 Å². The largest absolute Gasteiger partial charge is 0.290 e. The average Bonchev–Trinajstić information content (AvgIpc) is 2.80. The first-order valence-electron chi connectivity index (χ1n) is 10.8. The van der Waals surface area contributed by atoms with Gasteiger partial charge in [-0.2, -0.15) is 0 Å². The summed E-state index contributed by atoms with van der Waals surface area (Å²) in [7, 11) is 0. The summed E-state index contributed by atoms with van der Waals surface area (Å²) in [5.74, 6) is -2.50. The zero-order valence-electron chi connectivity index (χ0n) is 17.8. The second-order valence-electron chi connectivity index (χ2n) is 8.61. The topological polar surface area (TPSA) is 68.3 Å². The van der Waals surface area contributed by atoms with E-state index in [2.05, 4.69) is 0 Å². The van der Waals surface area contributed by atoms with Crippen molar-refractivity contribution in [3.05, 3.63) is 117 Å². The molecule has 3 aliphatic carbocycles. The van der Waals surface area contributed by atoms with Crippen LogP contribution in [0.3, 0.4) is 0 Å². The van der Waals surface area contributed by atoms with Crippen LogP contribution in [0.4, 0.5) is 0 Å². The minimum absolute atomic E-state index is 0.229. The van der Waals surface area contributed by atoms with Gasteiger partial charge >= 0.3 is 0 Å². The molecule has 0 heterocycles. The molecule has 0 radical (unpaired) electrons. The Labute approximate surface area is 206 Å². The summed E-state index contributed by atoms with van der Waals surface area (Å²) in [5.41, 5.74) is 2.54. The molecule has 3 aliphatic rings. The van der Waals surface area contributed by atoms with Crippen molar-refractivity contribution in [2.75, 3.05) is 0 Å². The normalized spacial score (nSPS) is 26.3. The van der Waals surface area contributed by atoms with Crippen molar-refractivity contribution in [3.63, 3.8) is 0 Å². The van der Waals surface area contributed by atoms with Gasteiger partial charge in [-0.15, -0.1) is 0 Å². The number of carbonyl (C=O) groups is 4. The third-order valence-corrected chi connectivity index (χ3v) is 7.24. The SMILES string of the molecule is O=C1C=CC(=O)C(C2C(C3=CC(=O)C=CC3=O)C(c3ccc(Cl)cc3)C2c2ccc(Cl)cc2)=C1. The van der Waals surface area contributed by atoms with Gasteiger partial charge in [-0.3, -0.25) is 19.2 Å². The number of halogens is 2. The van der Waals surface area contributed by atoms with Crippen molar-refractivity contribution in [3.8, 4) is 0 Å². The van der Waals surface area contributed by atoms with E-state index in [0.29, 0.717) is 21.2 Å². The Bertz CT molecular complexity index is 1240. The number of benzene rings is 2. The summed E-state index contributed by atoms with van der Waals surface area (Å²) in [5, 5.41) is 1.15. The Morgan fingerprint density at radius 1 is 0.471 bits per heavy atom. The van der Waals surface area contributed by atoms with Crippen LogP contribution < -0.4 is 0 Å². The van der Waals surface area contributed by atoms with Crippen LogP contribution in [-0.2, 0) is 19.2 Å². The number of rotatable bonds is 4. The van der Waals surface area contributed by atoms with Gasteiger partial charge in [0.25, 0.3) is 0 Å². The highest BCUT2D eigenvalue weighted by Gasteiger charge is 2.56. The van der Waals surface area contributed by atoms with Crippen molar-refractivity contribution < 1.29 is 19.2 Å². The Morgan fingerprint density at radius 2 is 0.824 bits per heavy atom. The second kappa shape index (κ2) is 8.79. The van der Waals surface area contributed by atoms with E-state index in [1.165, 1.54) is 36.5 Å². The van der Waals surface area contributed by atoms with E-state index in [1.807, 2.05) is 24.3 Å². The first kappa shape index (κ1) is 22.5. The molecule has 0 aromatic heterocycles. The van der Waals surface area contributed by atoms with Crippen molar-refractivity contribution >= 4 is 46.3 Å². The summed E-state index contributed by atoms with van der Waals surface area (Å²) < 4.78 is 0. The number of hydrogen-bond donors (Lipinski definition) is 0. The van der Waals surface area contributed by atoms with Crippen molar-refractivity contribution in [2.45, 2.75) is 11.8 Å². The van der Waals surface area contributed by atoms with Crippen LogP contribution in [0.15, 0.2) is 96.1 Å². The second-order valence-corrected chi connectivity index (χ2v) is 9.48. The number of carbonyl (C=O) groups excluding carboxylic acids is 4. The fourth-order valence-corrected chi connectivity index (χ4v) is 5.55.